The summed E-state index contributed by atoms with van der Waals surface area (Å²) in [4.78, 5) is -0.213. The van der Waals surface area contributed by atoms with Crippen molar-refractivity contribution in [1.29, 1.82) is 0 Å². The summed E-state index contributed by atoms with van der Waals surface area (Å²) in [5.74, 6) is 0. The number of fused-ring (bicyclic) bond motifs is 1. The number of aliphatic hydroxyl groups is 1. The van der Waals surface area contributed by atoms with Crippen LogP contribution in [-0.2, 0) is 16.5 Å². The molecular formula is C12H11AcKO4S. The summed E-state index contributed by atoms with van der Waals surface area (Å²) in [6.07, 6.45) is 0.430. The number of aliphatic hydroxyl groups excluding tert-OH is 1. The maximum absolute atomic E-state index is 11.1. The zero-order chi connectivity index (χ0) is 12.5. The summed E-state index contributed by atoms with van der Waals surface area (Å²) < 4.78 is 33.3. The van der Waals surface area contributed by atoms with Gasteiger partial charge in [0.2, 0.25) is 0 Å². The second-order valence-corrected chi connectivity index (χ2v) is 5.04. The second kappa shape index (κ2) is 8.94. The predicted octanol–water partition coefficient (Wildman–Crippen LogP) is -1.72. The smallest absolute Gasteiger partial charge is 0.744 e. The van der Waals surface area contributed by atoms with Crippen molar-refractivity contribution in [3.8, 4) is 0 Å². The van der Waals surface area contributed by atoms with Gasteiger partial charge in [0.25, 0.3) is 0 Å². The normalized spacial score (nSPS) is 10.6. The third-order valence-corrected chi connectivity index (χ3v) is 3.52. The van der Waals surface area contributed by atoms with Gasteiger partial charge in [0, 0.05) is 50.7 Å². The molecule has 4 nitrogen and oxygen atoms in total. The molecular weight excluding hydrogens is 506 g/mol. The molecule has 2 rings (SSSR count). The van der Waals surface area contributed by atoms with Crippen molar-refractivity contribution in [3.63, 3.8) is 0 Å². The summed E-state index contributed by atoms with van der Waals surface area (Å²) in [7, 11) is -4.47. The molecule has 0 amide bonds. The Hall–Kier alpha value is 1.65. The maximum atomic E-state index is 11.1. The van der Waals surface area contributed by atoms with Crippen molar-refractivity contribution in [2.24, 2.45) is 0 Å². The average Bonchev–Trinajstić information content (AvgIpc) is 2.28. The molecule has 0 saturated heterocycles. The largest absolute Gasteiger partial charge is 1.00 e. The molecule has 7 heteroatoms. The Balaban J connectivity index is 0.00000162. The quantitative estimate of drug-likeness (QED) is 0.389. The van der Waals surface area contributed by atoms with E-state index >= 15 is 0 Å². The minimum atomic E-state index is -4.47. The van der Waals surface area contributed by atoms with Crippen LogP contribution in [0.3, 0.4) is 0 Å². The minimum absolute atomic E-state index is 0. The first kappa shape index (κ1) is 20.6. The third-order valence-electron chi connectivity index (χ3n) is 2.62. The molecule has 0 fully saturated rings. The van der Waals surface area contributed by atoms with Crippen LogP contribution >= 0.6 is 0 Å². The molecule has 0 aliphatic rings. The molecule has 2 aromatic rings. The van der Waals surface area contributed by atoms with E-state index in [1.54, 1.807) is 30.3 Å². The van der Waals surface area contributed by atoms with E-state index in [0.29, 0.717) is 17.2 Å². The van der Waals surface area contributed by atoms with E-state index in [1.165, 1.54) is 6.07 Å². The fourth-order valence-electron chi connectivity index (χ4n) is 1.89. The molecule has 0 saturated carbocycles. The Morgan fingerprint density at radius 1 is 1.05 bits per heavy atom. The molecule has 0 heterocycles. The molecule has 0 spiro atoms. The monoisotopic (exact) mass is 517 g/mol. The van der Waals surface area contributed by atoms with Crippen molar-refractivity contribution in [1.82, 2.24) is 0 Å². The van der Waals surface area contributed by atoms with Crippen molar-refractivity contribution in [2.75, 3.05) is 6.61 Å². The molecule has 0 aliphatic heterocycles. The maximum Gasteiger partial charge on any atom is 1.00 e. The van der Waals surface area contributed by atoms with Crippen LogP contribution in [0.25, 0.3) is 10.8 Å². The fraction of sp³-hybridized carbons (Fsp3) is 0.167. The number of rotatable bonds is 3. The van der Waals surface area contributed by atoms with E-state index in [0.717, 1.165) is 5.56 Å². The second-order valence-electron chi connectivity index (χ2n) is 3.70. The van der Waals surface area contributed by atoms with Crippen LogP contribution in [-0.4, -0.2) is 24.7 Å². The Morgan fingerprint density at radius 2 is 1.63 bits per heavy atom. The van der Waals surface area contributed by atoms with E-state index < -0.39 is 10.1 Å². The van der Waals surface area contributed by atoms with Crippen LogP contribution in [0.5, 0.6) is 0 Å². The van der Waals surface area contributed by atoms with Crippen LogP contribution < -0.4 is 51.4 Å². The average molecular weight is 517 g/mol. The van der Waals surface area contributed by atoms with Gasteiger partial charge in [0.1, 0.15) is 10.1 Å². The van der Waals surface area contributed by atoms with Gasteiger partial charge in [-0.1, -0.05) is 30.3 Å². The van der Waals surface area contributed by atoms with Gasteiger partial charge >= 0.3 is 51.4 Å². The standard InChI is InChI=1S/C12H12O4S.Ac.K/c13-8-7-9-5-6-12(17(14,15)16)11-4-2-1-3-10(9)11;;/h1-6,13H,7-8H2,(H,14,15,16);;/q;;+1/p-1. The molecule has 0 unspecified atom stereocenters. The van der Waals surface area contributed by atoms with Gasteiger partial charge in [-0.25, -0.2) is 8.42 Å². The summed E-state index contributed by atoms with van der Waals surface area (Å²) in [5, 5.41) is 10.0. The first-order valence-corrected chi connectivity index (χ1v) is 6.52. The number of benzene rings is 2. The van der Waals surface area contributed by atoms with E-state index in [4.69, 9.17) is 5.11 Å². The van der Waals surface area contributed by atoms with Crippen LogP contribution in [0.2, 0.25) is 0 Å². The van der Waals surface area contributed by atoms with Gasteiger partial charge in [-0.2, -0.15) is 0 Å². The molecule has 0 aliphatic carbocycles. The van der Waals surface area contributed by atoms with Crippen LogP contribution in [0.4, 0.5) is 0 Å². The zero-order valence-electron chi connectivity index (χ0n) is 10.5. The van der Waals surface area contributed by atoms with Crippen molar-refractivity contribution >= 4 is 20.9 Å². The summed E-state index contributed by atoms with van der Waals surface area (Å²) in [6.45, 7) is -0.0204. The molecule has 1 N–H and O–H groups in total. The minimum Gasteiger partial charge on any atom is -0.744 e. The van der Waals surface area contributed by atoms with Gasteiger partial charge in [0.15, 0.2) is 0 Å². The summed E-state index contributed by atoms with van der Waals surface area (Å²) in [6, 6.07) is 9.67. The Kier molecular flexibility index (Phi) is 9.71. The number of hydrogen-bond donors (Lipinski definition) is 1. The molecule has 93 valence electrons. The third kappa shape index (κ3) is 5.10. The molecule has 1 radical (unpaired) electrons. The van der Waals surface area contributed by atoms with E-state index in [-0.39, 0.29) is 107 Å². The summed E-state index contributed by atoms with van der Waals surface area (Å²) >= 11 is 0. The van der Waals surface area contributed by atoms with Crippen molar-refractivity contribution in [3.05, 3.63) is 42.0 Å². The first-order chi connectivity index (χ1) is 8.04. The van der Waals surface area contributed by atoms with Crippen LogP contribution in [0.1, 0.15) is 5.56 Å². The molecule has 2 aromatic carbocycles. The van der Waals surface area contributed by atoms with Crippen LogP contribution in [0.15, 0.2) is 41.3 Å². The van der Waals surface area contributed by atoms with Gasteiger partial charge < -0.3 is 9.66 Å². The Labute approximate surface area is 190 Å². The predicted molar refractivity (Wildman–Crippen MR) is 62.7 cm³/mol. The molecule has 19 heavy (non-hydrogen) atoms. The number of hydrogen-bond acceptors (Lipinski definition) is 4. The van der Waals surface area contributed by atoms with Gasteiger partial charge in [-0.3, -0.25) is 0 Å². The molecule has 0 atom stereocenters. The summed E-state index contributed by atoms with van der Waals surface area (Å²) in [5.41, 5.74) is 0.829. The van der Waals surface area contributed by atoms with Crippen LogP contribution in [0, 0.1) is 44.1 Å². The van der Waals surface area contributed by atoms with E-state index in [1.807, 2.05) is 0 Å². The SMILES string of the molecule is O=S(=O)([O-])c1ccc(CCO)c2ccccc12.[Ac].[K+]. The first-order valence-electron chi connectivity index (χ1n) is 5.11. The zero-order valence-corrected chi connectivity index (χ0v) is 19.2. The molecule has 0 bridgehead atoms. The van der Waals surface area contributed by atoms with Crippen molar-refractivity contribution in [2.45, 2.75) is 11.3 Å². The topological polar surface area (TPSA) is 77.4 Å². The van der Waals surface area contributed by atoms with Gasteiger partial charge in [-0.05, 0) is 28.8 Å². The van der Waals surface area contributed by atoms with E-state index in [2.05, 4.69) is 0 Å². The fourth-order valence-corrected chi connectivity index (χ4v) is 2.57. The Morgan fingerprint density at radius 3 is 2.16 bits per heavy atom. The van der Waals surface area contributed by atoms with Crippen molar-refractivity contribution < 1.29 is 114 Å². The Bertz CT molecular complexity index is 658. The van der Waals surface area contributed by atoms with Gasteiger partial charge in [0.05, 0.1) is 4.90 Å². The van der Waals surface area contributed by atoms with E-state index in [9.17, 15) is 13.0 Å². The van der Waals surface area contributed by atoms with Gasteiger partial charge in [-0.15, -0.1) is 0 Å². The molecule has 0 aromatic heterocycles.